The highest BCUT2D eigenvalue weighted by molar-refractivity contribution is 5.81. The van der Waals surface area contributed by atoms with Crippen LogP contribution < -0.4 is 0 Å². The molecule has 0 saturated carbocycles. The van der Waals surface area contributed by atoms with Gasteiger partial charge in [-0.15, -0.1) is 0 Å². The van der Waals surface area contributed by atoms with Crippen molar-refractivity contribution in [3.8, 4) is 0 Å². The van der Waals surface area contributed by atoms with E-state index in [1.165, 1.54) is 0 Å². The van der Waals surface area contributed by atoms with E-state index in [4.69, 9.17) is 4.74 Å². The molecule has 0 fully saturated rings. The smallest absolute Gasteiger partial charge is 0.339 e. The second-order valence-electron chi connectivity index (χ2n) is 4.03. The fourth-order valence-electron chi connectivity index (χ4n) is 1.59. The number of hydrogen-bond donors (Lipinski definition) is 1. The average Bonchev–Trinajstić information content (AvgIpc) is 2.75. The molecule has 0 amide bonds. The van der Waals surface area contributed by atoms with Crippen molar-refractivity contribution < 1.29 is 14.6 Å². The molecule has 94 valence electrons. The van der Waals surface area contributed by atoms with Crippen LogP contribution in [0.2, 0.25) is 0 Å². The Morgan fingerprint density at radius 3 is 2.71 bits per heavy atom. The molecule has 1 aliphatic carbocycles. The lowest BCUT2D eigenvalue weighted by molar-refractivity contribution is -0.150. The quantitative estimate of drug-likeness (QED) is 0.747. The normalized spacial score (nSPS) is 18.8. The molecule has 0 saturated heterocycles. The van der Waals surface area contributed by atoms with Crippen molar-refractivity contribution in [1.82, 2.24) is 4.90 Å². The summed E-state index contributed by atoms with van der Waals surface area (Å²) in [4.78, 5) is 13.4. The van der Waals surface area contributed by atoms with Gasteiger partial charge in [0.05, 0.1) is 6.61 Å². The first-order valence-electron chi connectivity index (χ1n) is 5.60. The maximum absolute atomic E-state index is 11.5. The van der Waals surface area contributed by atoms with Gasteiger partial charge < -0.3 is 14.7 Å². The Balaban J connectivity index is 2.93. The van der Waals surface area contributed by atoms with Crippen LogP contribution in [0.4, 0.5) is 0 Å². The van der Waals surface area contributed by atoms with Gasteiger partial charge in [-0.2, -0.15) is 0 Å². The summed E-state index contributed by atoms with van der Waals surface area (Å²) in [5.41, 5.74) is 2.46. The zero-order valence-corrected chi connectivity index (χ0v) is 10.7. The van der Waals surface area contributed by atoms with Gasteiger partial charge in [-0.25, -0.2) is 4.79 Å². The number of aliphatic hydroxyl groups excluding tert-OH is 1. The number of carbonyl (C=O) groups excluding carboxylic acids is 1. The Hall–Kier alpha value is -1.55. The lowest BCUT2D eigenvalue weighted by atomic mass is 10.0. The summed E-state index contributed by atoms with van der Waals surface area (Å²) in [7, 11) is 3.84. The third-order valence-corrected chi connectivity index (χ3v) is 2.71. The summed E-state index contributed by atoms with van der Waals surface area (Å²) >= 11 is 0. The fourth-order valence-corrected chi connectivity index (χ4v) is 1.59. The maximum atomic E-state index is 11.5. The van der Waals surface area contributed by atoms with E-state index in [9.17, 15) is 9.90 Å². The Kier molecular flexibility index (Phi) is 4.52. The lowest BCUT2D eigenvalue weighted by Crippen LogP contribution is -2.26. The van der Waals surface area contributed by atoms with Gasteiger partial charge >= 0.3 is 5.97 Å². The molecule has 1 unspecified atom stereocenters. The zero-order chi connectivity index (χ0) is 13.0. The molecule has 0 aliphatic heterocycles. The Morgan fingerprint density at radius 1 is 1.53 bits per heavy atom. The third kappa shape index (κ3) is 2.97. The number of ether oxygens (including phenoxy) is 1. The third-order valence-electron chi connectivity index (χ3n) is 2.71. The van der Waals surface area contributed by atoms with E-state index in [1.807, 2.05) is 38.1 Å². The molecule has 0 aromatic rings. The highest BCUT2D eigenvalue weighted by Gasteiger charge is 2.25. The van der Waals surface area contributed by atoms with Crippen molar-refractivity contribution in [2.45, 2.75) is 20.0 Å². The van der Waals surface area contributed by atoms with Crippen molar-refractivity contribution in [3.05, 3.63) is 35.1 Å². The molecule has 4 heteroatoms. The molecule has 1 rings (SSSR count). The minimum absolute atomic E-state index is 0.266. The van der Waals surface area contributed by atoms with Gasteiger partial charge in [0.15, 0.2) is 6.10 Å². The largest absolute Gasteiger partial charge is 0.464 e. The number of esters is 1. The van der Waals surface area contributed by atoms with E-state index < -0.39 is 12.1 Å². The van der Waals surface area contributed by atoms with Gasteiger partial charge in [0.1, 0.15) is 0 Å². The summed E-state index contributed by atoms with van der Waals surface area (Å²) in [6.45, 7) is 3.92. The first kappa shape index (κ1) is 13.5. The molecule has 0 heterocycles. The standard InChI is InChI=1S/C13H19NO3/c1-5-17-13(16)12(15)11-8-6-7-10(11)9(2)14(3)4/h6-8,12,15H,5H2,1-4H3/b10-9-. The van der Waals surface area contributed by atoms with Crippen LogP contribution in [-0.4, -0.2) is 42.8 Å². The summed E-state index contributed by atoms with van der Waals surface area (Å²) in [6.07, 6.45) is 4.23. The molecule has 1 aliphatic rings. The summed E-state index contributed by atoms with van der Waals surface area (Å²) in [5, 5.41) is 9.91. The fraction of sp³-hybridized carbons (Fsp3) is 0.462. The Morgan fingerprint density at radius 2 is 2.18 bits per heavy atom. The number of aliphatic hydroxyl groups is 1. The van der Waals surface area contributed by atoms with Gasteiger partial charge in [0, 0.05) is 25.4 Å². The molecule has 0 aromatic carbocycles. The zero-order valence-electron chi connectivity index (χ0n) is 10.7. The van der Waals surface area contributed by atoms with Crippen LogP contribution >= 0.6 is 0 Å². The number of rotatable bonds is 4. The lowest BCUT2D eigenvalue weighted by Gasteiger charge is -2.19. The van der Waals surface area contributed by atoms with Crippen LogP contribution in [0.1, 0.15) is 13.8 Å². The first-order chi connectivity index (χ1) is 7.99. The topological polar surface area (TPSA) is 49.8 Å². The predicted octanol–water partition coefficient (Wildman–Crippen LogP) is 1.24. The SMILES string of the molecule is CCOC(=O)C(O)C1=CC=C/C1=C(\C)N(C)C. The molecule has 0 radical (unpaired) electrons. The van der Waals surface area contributed by atoms with E-state index in [2.05, 4.69) is 0 Å². The summed E-state index contributed by atoms with van der Waals surface area (Å²) in [5.74, 6) is -0.605. The van der Waals surface area contributed by atoms with Crippen LogP contribution in [0.25, 0.3) is 0 Å². The van der Waals surface area contributed by atoms with Crippen molar-refractivity contribution in [2.75, 3.05) is 20.7 Å². The van der Waals surface area contributed by atoms with E-state index in [1.54, 1.807) is 13.0 Å². The molecular weight excluding hydrogens is 218 g/mol. The number of hydrogen-bond acceptors (Lipinski definition) is 4. The molecule has 1 atom stereocenters. The van der Waals surface area contributed by atoms with Crippen molar-refractivity contribution in [1.29, 1.82) is 0 Å². The number of nitrogens with zero attached hydrogens (tertiary/aromatic N) is 1. The first-order valence-corrected chi connectivity index (χ1v) is 5.60. The Bertz CT molecular complexity index is 391. The van der Waals surface area contributed by atoms with Crippen molar-refractivity contribution in [2.24, 2.45) is 0 Å². The van der Waals surface area contributed by atoms with E-state index in [0.717, 1.165) is 11.3 Å². The van der Waals surface area contributed by atoms with Gasteiger partial charge in [0.2, 0.25) is 0 Å². The minimum atomic E-state index is -1.21. The van der Waals surface area contributed by atoms with Gasteiger partial charge in [-0.3, -0.25) is 0 Å². The number of carbonyl (C=O) groups is 1. The molecule has 0 bridgehead atoms. The predicted molar refractivity (Wildman–Crippen MR) is 66.2 cm³/mol. The highest BCUT2D eigenvalue weighted by atomic mass is 16.5. The molecule has 17 heavy (non-hydrogen) atoms. The second-order valence-corrected chi connectivity index (χ2v) is 4.03. The summed E-state index contributed by atoms with van der Waals surface area (Å²) < 4.78 is 4.81. The average molecular weight is 237 g/mol. The van der Waals surface area contributed by atoms with E-state index in [0.29, 0.717) is 5.57 Å². The Labute approximate surface area is 102 Å². The van der Waals surface area contributed by atoms with Gasteiger partial charge in [-0.1, -0.05) is 18.2 Å². The van der Waals surface area contributed by atoms with Crippen LogP contribution in [-0.2, 0) is 9.53 Å². The number of allylic oxidation sites excluding steroid dienone is 4. The summed E-state index contributed by atoms with van der Waals surface area (Å²) in [6, 6.07) is 0. The van der Waals surface area contributed by atoms with Gasteiger partial charge in [0.25, 0.3) is 0 Å². The van der Waals surface area contributed by atoms with E-state index in [-0.39, 0.29) is 6.61 Å². The molecule has 0 spiro atoms. The van der Waals surface area contributed by atoms with Crippen molar-refractivity contribution >= 4 is 5.97 Å². The van der Waals surface area contributed by atoms with Crippen LogP contribution in [0, 0.1) is 0 Å². The van der Waals surface area contributed by atoms with Crippen LogP contribution in [0.15, 0.2) is 35.1 Å². The minimum Gasteiger partial charge on any atom is -0.464 e. The second kappa shape index (κ2) is 5.68. The molecule has 4 nitrogen and oxygen atoms in total. The monoisotopic (exact) mass is 237 g/mol. The highest BCUT2D eigenvalue weighted by Crippen LogP contribution is 2.26. The van der Waals surface area contributed by atoms with Crippen LogP contribution in [0.5, 0.6) is 0 Å². The molecular formula is C13H19NO3. The molecule has 1 N–H and O–H groups in total. The maximum Gasteiger partial charge on any atom is 0.339 e. The van der Waals surface area contributed by atoms with E-state index >= 15 is 0 Å². The van der Waals surface area contributed by atoms with Gasteiger partial charge in [-0.05, 0) is 19.4 Å². The van der Waals surface area contributed by atoms with Crippen molar-refractivity contribution in [3.63, 3.8) is 0 Å². The van der Waals surface area contributed by atoms with Crippen LogP contribution in [0.3, 0.4) is 0 Å². The molecule has 0 aromatic heterocycles.